The number of ether oxygens (including phenoxy) is 1. The zero-order chi connectivity index (χ0) is 9.84. The number of rotatable bonds is 3. The zero-order valence-electron chi connectivity index (χ0n) is 8.17. The standard InChI is InChI=1S/C10H14FNO/c1-7(2)6-8-10(11)9(13-3)4-5-12-8/h4-5,7H,6H2,1-3H3. The Kier molecular flexibility index (Phi) is 3.23. The van der Waals surface area contributed by atoms with Gasteiger partial charge in [-0.2, -0.15) is 0 Å². The van der Waals surface area contributed by atoms with Crippen LogP contribution >= 0.6 is 0 Å². The van der Waals surface area contributed by atoms with E-state index in [2.05, 4.69) is 4.98 Å². The number of nitrogens with zero attached hydrogens (tertiary/aromatic N) is 1. The summed E-state index contributed by atoms with van der Waals surface area (Å²) in [5, 5.41) is 0. The van der Waals surface area contributed by atoms with Crippen LogP contribution in [0.1, 0.15) is 19.5 Å². The summed E-state index contributed by atoms with van der Waals surface area (Å²) < 4.78 is 18.3. The molecule has 0 unspecified atom stereocenters. The quantitative estimate of drug-likeness (QED) is 0.718. The summed E-state index contributed by atoms with van der Waals surface area (Å²) >= 11 is 0. The Morgan fingerprint density at radius 2 is 2.23 bits per heavy atom. The van der Waals surface area contributed by atoms with Crippen LogP contribution in [0.3, 0.4) is 0 Å². The van der Waals surface area contributed by atoms with Crippen molar-refractivity contribution in [2.75, 3.05) is 7.11 Å². The lowest BCUT2D eigenvalue weighted by Crippen LogP contribution is -2.02. The molecular formula is C10H14FNO. The van der Waals surface area contributed by atoms with Crippen molar-refractivity contribution in [2.45, 2.75) is 20.3 Å². The van der Waals surface area contributed by atoms with Crippen molar-refractivity contribution in [1.29, 1.82) is 0 Å². The van der Waals surface area contributed by atoms with Crippen LogP contribution in [0.15, 0.2) is 12.3 Å². The van der Waals surface area contributed by atoms with Crippen LogP contribution in [0.25, 0.3) is 0 Å². The number of halogens is 1. The van der Waals surface area contributed by atoms with Gasteiger partial charge in [-0.3, -0.25) is 4.98 Å². The summed E-state index contributed by atoms with van der Waals surface area (Å²) in [4.78, 5) is 3.97. The Labute approximate surface area is 77.8 Å². The van der Waals surface area contributed by atoms with Crippen molar-refractivity contribution < 1.29 is 9.13 Å². The van der Waals surface area contributed by atoms with Gasteiger partial charge in [0.15, 0.2) is 11.6 Å². The molecule has 0 aliphatic carbocycles. The number of hydrogen-bond donors (Lipinski definition) is 0. The molecule has 13 heavy (non-hydrogen) atoms. The first-order valence-corrected chi connectivity index (χ1v) is 4.32. The van der Waals surface area contributed by atoms with Gasteiger partial charge in [-0.25, -0.2) is 4.39 Å². The smallest absolute Gasteiger partial charge is 0.186 e. The van der Waals surface area contributed by atoms with Crippen LogP contribution in [0.2, 0.25) is 0 Å². The van der Waals surface area contributed by atoms with Gasteiger partial charge in [-0.05, 0) is 12.3 Å². The van der Waals surface area contributed by atoms with Gasteiger partial charge < -0.3 is 4.74 Å². The third-order valence-corrected chi connectivity index (χ3v) is 1.75. The fourth-order valence-corrected chi connectivity index (χ4v) is 1.15. The van der Waals surface area contributed by atoms with E-state index in [1.807, 2.05) is 13.8 Å². The summed E-state index contributed by atoms with van der Waals surface area (Å²) in [6.45, 7) is 4.06. The molecule has 0 aliphatic rings. The highest BCUT2D eigenvalue weighted by molar-refractivity contribution is 5.25. The normalized spacial score (nSPS) is 10.5. The Hall–Kier alpha value is -1.12. The molecule has 0 fully saturated rings. The molecule has 1 aromatic rings. The Morgan fingerprint density at radius 1 is 1.54 bits per heavy atom. The summed E-state index contributed by atoms with van der Waals surface area (Å²) in [7, 11) is 1.46. The molecule has 0 saturated heterocycles. The van der Waals surface area contributed by atoms with Crippen molar-refractivity contribution in [2.24, 2.45) is 5.92 Å². The van der Waals surface area contributed by atoms with Crippen molar-refractivity contribution in [3.05, 3.63) is 23.8 Å². The molecule has 3 heteroatoms. The molecule has 0 amide bonds. The lowest BCUT2D eigenvalue weighted by Gasteiger charge is -2.07. The number of methoxy groups -OCH3 is 1. The van der Waals surface area contributed by atoms with Gasteiger partial charge in [0.05, 0.1) is 12.8 Å². The van der Waals surface area contributed by atoms with E-state index in [0.29, 0.717) is 18.0 Å². The highest BCUT2D eigenvalue weighted by atomic mass is 19.1. The Morgan fingerprint density at radius 3 is 2.77 bits per heavy atom. The topological polar surface area (TPSA) is 22.1 Å². The van der Waals surface area contributed by atoms with Crippen LogP contribution in [-0.2, 0) is 6.42 Å². The lowest BCUT2D eigenvalue weighted by molar-refractivity contribution is 0.380. The minimum Gasteiger partial charge on any atom is -0.494 e. The molecule has 0 bridgehead atoms. The van der Waals surface area contributed by atoms with E-state index in [0.717, 1.165) is 0 Å². The second-order valence-corrected chi connectivity index (χ2v) is 3.37. The fourth-order valence-electron chi connectivity index (χ4n) is 1.15. The van der Waals surface area contributed by atoms with Crippen molar-refractivity contribution in [3.8, 4) is 5.75 Å². The van der Waals surface area contributed by atoms with Crippen molar-refractivity contribution in [1.82, 2.24) is 4.98 Å². The molecule has 0 spiro atoms. The Balaban J connectivity index is 2.94. The van der Waals surface area contributed by atoms with Gasteiger partial charge >= 0.3 is 0 Å². The summed E-state index contributed by atoms with van der Waals surface area (Å²) in [5.41, 5.74) is 0.481. The summed E-state index contributed by atoms with van der Waals surface area (Å²) in [6.07, 6.45) is 2.21. The lowest BCUT2D eigenvalue weighted by atomic mass is 10.1. The first kappa shape index (κ1) is 9.96. The monoisotopic (exact) mass is 183 g/mol. The number of pyridine rings is 1. The molecule has 1 rings (SSSR count). The molecular weight excluding hydrogens is 169 g/mol. The third-order valence-electron chi connectivity index (χ3n) is 1.75. The summed E-state index contributed by atoms with van der Waals surface area (Å²) in [5.74, 6) is 0.332. The maximum atomic E-state index is 13.4. The first-order valence-electron chi connectivity index (χ1n) is 4.32. The van der Waals surface area contributed by atoms with E-state index in [1.165, 1.54) is 13.2 Å². The number of aromatic nitrogens is 1. The second-order valence-electron chi connectivity index (χ2n) is 3.37. The minimum atomic E-state index is -0.335. The van der Waals surface area contributed by atoms with E-state index in [9.17, 15) is 4.39 Å². The van der Waals surface area contributed by atoms with Crippen LogP contribution in [-0.4, -0.2) is 12.1 Å². The first-order chi connectivity index (χ1) is 6.15. The van der Waals surface area contributed by atoms with Crippen molar-refractivity contribution in [3.63, 3.8) is 0 Å². The van der Waals surface area contributed by atoms with Crippen molar-refractivity contribution >= 4 is 0 Å². The summed E-state index contributed by atoms with van der Waals surface area (Å²) in [6, 6.07) is 1.53. The van der Waals surface area contributed by atoms with Crippen LogP contribution < -0.4 is 4.74 Å². The largest absolute Gasteiger partial charge is 0.494 e. The fraction of sp³-hybridized carbons (Fsp3) is 0.500. The molecule has 0 aromatic carbocycles. The maximum absolute atomic E-state index is 13.4. The molecule has 1 aromatic heterocycles. The molecule has 72 valence electrons. The molecule has 0 saturated carbocycles. The maximum Gasteiger partial charge on any atom is 0.186 e. The van der Waals surface area contributed by atoms with Gasteiger partial charge in [-0.1, -0.05) is 13.8 Å². The van der Waals surface area contributed by atoms with E-state index in [4.69, 9.17) is 4.74 Å². The molecule has 2 nitrogen and oxygen atoms in total. The van der Waals surface area contributed by atoms with Crippen LogP contribution in [0, 0.1) is 11.7 Å². The predicted octanol–water partition coefficient (Wildman–Crippen LogP) is 2.43. The SMILES string of the molecule is COc1ccnc(CC(C)C)c1F. The minimum absolute atomic E-state index is 0.269. The Bertz CT molecular complexity index is 286. The van der Waals surface area contributed by atoms with Gasteiger partial charge in [0.2, 0.25) is 0 Å². The number of hydrogen-bond acceptors (Lipinski definition) is 2. The van der Waals surface area contributed by atoms with Gasteiger partial charge in [0, 0.05) is 12.3 Å². The van der Waals surface area contributed by atoms with Gasteiger partial charge in [0.25, 0.3) is 0 Å². The average Bonchev–Trinajstić information content (AvgIpc) is 2.08. The van der Waals surface area contributed by atoms with Crippen LogP contribution in [0.5, 0.6) is 5.75 Å². The zero-order valence-corrected chi connectivity index (χ0v) is 8.17. The van der Waals surface area contributed by atoms with Crippen LogP contribution in [0.4, 0.5) is 4.39 Å². The second kappa shape index (κ2) is 4.21. The predicted molar refractivity (Wildman–Crippen MR) is 49.3 cm³/mol. The third kappa shape index (κ3) is 2.41. The van der Waals surface area contributed by atoms with E-state index in [-0.39, 0.29) is 11.6 Å². The highest BCUT2D eigenvalue weighted by Gasteiger charge is 2.10. The molecule has 1 heterocycles. The van der Waals surface area contributed by atoms with Gasteiger partial charge in [-0.15, -0.1) is 0 Å². The van der Waals surface area contributed by atoms with E-state index >= 15 is 0 Å². The van der Waals surface area contributed by atoms with E-state index in [1.54, 1.807) is 6.20 Å². The van der Waals surface area contributed by atoms with E-state index < -0.39 is 0 Å². The molecule has 0 atom stereocenters. The molecule has 0 N–H and O–H groups in total. The highest BCUT2D eigenvalue weighted by Crippen LogP contribution is 2.19. The molecule has 0 radical (unpaired) electrons. The average molecular weight is 183 g/mol. The molecule has 0 aliphatic heterocycles. The van der Waals surface area contributed by atoms with Gasteiger partial charge in [0.1, 0.15) is 0 Å².